The minimum absolute atomic E-state index is 0.213. The second-order valence-corrected chi connectivity index (χ2v) is 0.631. The third-order valence-corrected chi connectivity index (χ3v) is 0. The van der Waals surface area contributed by atoms with E-state index in [-0.39, 0.29) is 8.05 Å². The summed E-state index contributed by atoms with van der Waals surface area (Å²) in [4.78, 5) is 9.52. The lowest BCUT2D eigenvalue weighted by atomic mass is 10.6. The minimum atomic E-state index is -0.440. The standard InChI is InChI=1S/CH4BO2S/c2-4-1(3)5/h2H3,(H,3,5)/q-1. The van der Waals surface area contributed by atoms with Crippen molar-refractivity contribution in [1.29, 1.82) is 0 Å². The van der Waals surface area contributed by atoms with E-state index in [0.717, 1.165) is 0 Å². The molecule has 0 aromatic carbocycles. The van der Waals surface area contributed by atoms with Crippen LogP contribution in [0.3, 0.4) is 0 Å². The van der Waals surface area contributed by atoms with Crippen molar-refractivity contribution in [1.82, 2.24) is 0 Å². The predicted molar refractivity (Wildman–Crippen MR) is 25.4 cm³/mol. The lowest BCUT2D eigenvalue weighted by molar-refractivity contribution is 0.231. The van der Waals surface area contributed by atoms with Crippen molar-refractivity contribution in [2.24, 2.45) is 0 Å². The van der Waals surface area contributed by atoms with Gasteiger partial charge in [-0.2, -0.15) is 0 Å². The summed E-state index contributed by atoms with van der Waals surface area (Å²) < 4.78 is 4.23. The molecule has 0 fully saturated rings. The van der Waals surface area contributed by atoms with Gasteiger partial charge in [-0.25, -0.2) is 4.79 Å². The topological polar surface area (TPSA) is 26.3 Å². The largest absolute Gasteiger partial charge is 0.689 e. The monoisotopic (exact) mass is 91.0 g/mol. The molecule has 2 nitrogen and oxygen atoms in total. The average molecular weight is 90.9 g/mol. The van der Waals surface area contributed by atoms with Crippen molar-refractivity contribution in [2.75, 3.05) is 0 Å². The normalized spacial score (nSPS) is 6.80. The number of carbonyl (C=O) groups is 1. The molecule has 0 aliphatic heterocycles. The first-order valence-electron chi connectivity index (χ1n) is 0.632. The Balaban J connectivity index is 2.85. The van der Waals surface area contributed by atoms with Crippen LogP contribution in [0.1, 0.15) is 0 Å². The highest BCUT2D eigenvalue weighted by atomic mass is 32.1. The number of thiol groups is 1. The smallest absolute Gasteiger partial charge is 0.315 e. The molecule has 0 saturated heterocycles. The quantitative estimate of drug-likeness (QED) is 0.316. The summed E-state index contributed by atoms with van der Waals surface area (Å²) in [6.45, 7) is 0. The highest BCUT2D eigenvalue weighted by Gasteiger charge is 1.71. The van der Waals surface area contributed by atoms with Gasteiger partial charge in [0, 0.05) is 0 Å². The van der Waals surface area contributed by atoms with E-state index in [9.17, 15) is 4.79 Å². The van der Waals surface area contributed by atoms with Gasteiger partial charge in [0.1, 0.15) is 8.05 Å². The van der Waals surface area contributed by atoms with Crippen LogP contribution in [0, 0.1) is 0 Å². The second kappa shape index (κ2) is 2.14. The van der Waals surface area contributed by atoms with Crippen molar-refractivity contribution < 1.29 is 9.45 Å². The molecule has 0 aromatic rings. The summed E-state index contributed by atoms with van der Waals surface area (Å²) in [6, 6.07) is 0. The lowest BCUT2D eigenvalue weighted by Crippen LogP contribution is -1.83. The summed E-state index contributed by atoms with van der Waals surface area (Å²) >= 11 is 3.30. The molecule has 0 aliphatic carbocycles. The fourth-order valence-electron chi connectivity index (χ4n) is 0. The van der Waals surface area contributed by atoms with Crippen LogP contribution in [-0.2, 0) is 4.65 Å². The van der Waals surface area contributed by atoms with Gasteiger partial charge in [-0.3, -0.25) is 0 Å². The summed E-state index contributed by atoms with van der Waals surface area (Å²) in [5.74, 6) is 0. The first kappa shape index (κ1) is 4.88. The fourth-order valence-corrected chi connectivity index (χ4v) is 0. The van der Waals surface area contributed by atoms with Crippen LogP contribution in [0.15, 0.2) is 0 Å². The molecule has 0 radical (unpaired) electrons. The Kier molecular flexibility index (Phi) is 2.09. The van der Waals surface area contributed by atoms with Gasteiger partial charge in [0.05, 0.1) is 0 Å². The van der Waals surface area contributed by atoms with E-state index >= 15 is 0 Å². The molecule has 0 atom stereocenters. The number of rotatable bonds is 0. The minimum Gasteiger partial charge on any atom is -0.689 e. The van der Waals surface area contributed by atoms with Crippen LogP contribution in [-0.4, -0.2) is 13.4 Å². The molecule has 0 spiro atoms. The Morgan fingerprint density at radius 2 is 2.20 bits per heavy atom. The van der Waals surface area contributed by atoms with E-state index in [1.165, 1.54) is 0 Å². The maximum atomic E-state index is 9.52. The van der Waals surface area contributed by atoms with Gasteiger partial charge in [0.15, 0.2) is 0 Å². The van der Waals surface area contributed by atoms with Gasteiger partial charge < -0.3 is 4.65 Å². The highest BCUT2D eigenvalue weighted by Crippen LogP contribution is 1.76. The Morgan fingerprint density at radius 1 is 2.00 bits per heavy atom. The average Bonchev–Trinajstić information content (AvgIpc) is 1.38. The second-order valence-electron chi connectivity index (χ2n) is 0.266. The molecule has 0 amide bonds. The molecular weight excluding hydrogens is 86.9 g/mol. The van der Waals surface area contributed by atoms with Crippen molar-refractivity contribution in [2.45, 2.75) is 0 Å². The van der Waals surface area contributed by atoms with Gasteiger partial charge >= 0.3 is 5.30 Å². The van der Waals surface area contributed by atoms with Crippen LogP contribution in [0.2, 0.25) is 0 Å². The molecule has 0 saturated carbocycles. The molecule has 0 aliphatic rings. The first-order valence-corrected chi connectivity index (χ1v) is 1.08. The maximum Gasteiger partial charge on any atom is 0.315 e. The van der Waals surface area contributed by atoms with E-state index in [2.05, 4.69) is 17.3 Å². The Bertz CT molecular complexity index is 44.9. The molecule has 0 heterocycles. The van der Waals surface area contributed by atoms with Gasteiger partial charge in [-0.05, 0) is 0 Å². The van der Waals surface area contributed by atoms with Crippen molar-refractivity contribution >= 4 is 26.0 Å². The Morgan fingerprint density at radius 3 is 2.20 bits per heavy atom. The van der Waals surface area contributed by atoms with Gasteiger partial charge in [0.25, 0.3) is 0 Å². The van der Waals surface area contributed by atoms with Crippen LogP contribution in [0.4, 0.5) is 4.79 Å². The zero-order valence-corrected chi connectivity index (χ0v) is 2.66. The molecule has 0 bridgehead atoms. The Hall–Kier alpha value is -0.115. The lowest BCUT2D eigenvalue weighted by Gasteiger charge is -1.91. The highest BCUT2D eigenvalue weighted by molar-refractivity contribution is 7.96. The van der Waals surface area contributed by atoms with Crippen molar-refractivity contribution in [3.63, 3.8) is 0 Å². The number of hydrogen-bond acceptors (Lipinski definition) is 2. The summed E-state index contributed by atoms with van der Waals surface area (Å²) in [7, 11) is -0.213. The van der Waals surface area contributed by atoms with Crippen LogP contribution in [0.5, 0.6) is 0 Å². The summed E-state index contributed by atoms with van der Waals surface area (Å²) in [5.41, 5.74) is 0. The molecule has 30 valence electrons. The van der Waals surface area contributed by atoms with E-state index < -0.39 is 5.30 Å². The van der Waals surface area contributed by atoms with Gasteiger partial charge in [0.2, 0.25) is 0 Å². The molecule has 0 unspecified atom stereocenters. The van der Waals surface area contributed by atoms with Crippen LogP contribution in [0.25, 0.3) is 0 Å². The first-order chi connectivity index (χ1) is 2.27. The van der Waals surface area contributed by atoms with E-state index in [4.69, 9.17) is 0 Å². The van der Waals surface area contributed by atoms with E-state index in [1.807, 2.05) is 0 Å². The van der Waals surface area contributed by atoms with E-state index in [1.54, 1.807) is 0 Å². The predicted octanol–water partition coefficient (Wildman–Crippen LogP) is -0.667. The third-order valence-electron chi connectivity index (χ3n) is 0. The summed E-state index contributed by atoms with van der Waals surface area (Å²) in [5, 5.41) is -0.440. The third kappa shape index (κ3) is 3.88. The SMILES string of the molecule is [BH3-]OC(=O)S. The van der Waals surface area contributed by atoms with Crippen molar-refractivity contribution in [3.05, 3.63) is 0 Å². The molecule has 0 rings (SSSR count). The summed E-state index contributed by atoms with van der Waals surface area (Å²) in [6.07, 6.45) is 0. The Labute approximate surface area is 36.4 Å². The van der Waals surface area contributed by atoms with Crippen LogP contribution >= 0.6 is 12.6 Å². The molecular formula is CH4BO2S-. The zero-order chi connectivity index (χ0) is 4.28. The van der Waals surface area contributed by atoms with Crippen LogP contribution < -0.4 is 0 Å². The molecule has 0 N–H and O–H groups in total. The zero-order valence-electron chi connectivity index (χ0n) is 1.76. The molecule has 0 aromatic heterocycles. The van der Waals surface area contributed by atoms with Gasteiger partial charge in [-0.15, -0.1) is 0 Å². The fraction of sp³-hybridized carbons (Fsp3) is 0. The number of hydrogen-bond donors (Lipinski definition) is 1. The van der Waals surface area contributed by atoms with E-state index in [0.29, 0.717) is 0 Å². The number of carbonyl (C=O) groups excluding carboxylic acids is 1. The van der Waals surface area contributed by atoms with Gasteiger partial charge in [-0.1, -0.05) is 12.6 Å². The molecule has 5 heavy (non-hydrogen) atoms. The molecule has 4 heteroatoms. The maximum absolute atomic E-state index is 9.52. The van der Waals surface area contributed by atoms with Crippen molar-refractivity contribution in [3.8, 4) is 0 Å².